The van der Waals surface area contributed by atoms with E-state index in [4.69, 9.17) is 9.47 Å². The van der Waals surface area contributed by atoms with Gasteiger partial charge in [-0.05, 0) is 84.5 Å². The van der Waals surface area contributed by atoms with Crippen molar-refractivity contribution in [1.29, 1.82) is 0 Å². The maximum absolute atomic E-state index is 11.8. The van der Waals surface area contributed by atoms with Gasteiger partial charge in [-0.2, -0.15) is 0 Å². The van der Waals surface area contributed by atoms with E-state index in [0.717, 1.165) is 17.4 Å². The molecule has 7 fully saturated rings. The molecule has 0 radical (unpaired) electrons. The van der Waals surface area contributed by atoms with E-state index in [9.17, 15) is 5.11 Å². The summed E-state index contributed by atoms with van der Waals surface area (Å²) < 4.78 is 13.4. The third kappa shape index (κ3) is 4.06. The van der Waals surface area contributed by atoms with Crippen LogP contribution in [-0.4, -0.2) is 40.2 Å². The number of ether oxygens (including phenoxy) is 2. The Balaban J connectivity index is 1.29. The quantitative estimate of drug-likeness (QED) is 0.468. The van der Waals surface area contributed by atoms with Crippen molar-refractivity contribution in [1.82, 2.24) is 0 Å². The first-order chi connectivity index (χ1) is 16.6. The van der Waals surface area contributed by atoms with E-state index in [2.05, 4.69) is 51.2 Å². The molecular formula is C30H44O3S2. The Morgan fingerprint density at radius 2 is 1.29 bits per heavy atom. The number of hydrogen-bond acceptors (Lipinski definition) is 5. The minimum atomic E-state index is -1.19. The Kier molecular flexibility index (Phi) is 6.41. The number of aliphatic hydroxyl groups is 1. The first kappa shape index (κ1) is 25.1. The highest BCUT2D eigenvalue weighted by Crippen LogP contribution is 2.65. The minimum Gasteiger partial charge on any atom is -0.380 e. The second kappa shape index (κ2) is 8.93. The predicted octanol–water partition coefficient (Wildman–Crippen LogP) is 6.79. The van der Waals surface area contributed by atoms with E-state index < -0.39 is 11.9 Å². The molecule has 0 aromatic heterocycles. The van der Waals surface area contributed by atoms with E-state index in [1.165, 1.54) is 30.8 Å². The van der Waals surface area contributed by atoms with Gasteiger partial charge in [0.1, 0.15) is 5.60 Å². The summed E-state index contributed by atoms with van der Waals surface area (Å²) in [6.45, 7) is 13.1. The Hall–Kier alpha value is -0.200. The smallest absolute Gasteiger partial charge is 0.190 e. The summed E-state index contributed by atoms with van der Waals surface area (Å²) >= 11 is 4.42. The summed E-state index contributed by atoms with van der Waals surface area (Å²) in [6.07, 6.45) is 4.66. The van der Waals surface area contributed by atoms with Gasteiger partial charge in [0.25, 0.3) is 0 Å². The van der Waals surface area contributed by atoms with Crippen LogP contribution in [0.1, 0.15) is 65.9 Å². The summed E-state index contributed by atoms with van der Waals surface area (Å²) in [5, 5.41) is 14.3. The average molecular weight is 517 g/mol. The van der Waals surface area contributed by atoms with Gasteiger partial charge in [0.15, 0.2) is 6.29 Å². The van der Waals surface area contributed by atoms with E-state index in [1.54, 1.807) is 0 Å². The highest BCUT2D eigenvalue weighted by atomic mass is 32.2. The highest BCUT2D eigenvalue weighted by Gasteiger charge is 2.60. The summed E-state index contributed by atoms with van der Waals surface area (Å²) in [5.74, 6) is 4.21. The fourth-order valence-corrected chi connectivity index (χ4v) is 12.0. The van der Waals surface area contributed by atoms with Crippen molar-refractivity contribution in [3.8, 4) is 0 Å². The molecule has 5 heteroatoms. The summed E-state index contributed by atoms with van der Waals surface area (Å²) in [4.78, 5) is 0. The van der Waals surface area contributed by atoms with Crippen LogP contribution < -0.4 is 0 Å². The molecule has 1 aromatic rings. The topological polar surface area (TPSA) is 38.7 Å². The maximum Gasteiger partial charge on any atom is 0.190 e. The standard InChI is InChI=1S/C30H44O3S2/c1-28(2)19-11-23(28)21-15-32-27(30(5,31)18-9-7-6-8-10-18)33-16-22-24-12-20(29(24,3)4)14-26(22)35-17-34-25(21)13-19/h6-10,19-27,31H,11-17H2,1-5H3/t19-,20-,21+,22+,23+,24+,25+,26+,30-/m1/s1. The molecule has 1 aromatic carbocycles. The Bertz CT molecular complexity index is 867. The molecule has 4 bridgehead atoms. The van der Waals surface area contributed by atoms with Gasteiger partial charge in [-0.1, -0.05) is 58.0 Å². The van der Waals surface area contributed by atoms with Crippen LogP contribution in [0.2, 0.25) is 0 Å². The highest BCUT2D eigenvalue weighted by molar-refractivity contribution is 8.16. The Morgan fingerprint density at radius 1 is 0.800 bits per heavy atom. The fourth-order valence-electron chi connectivity index (χ4n) is 8.52. The van der Waals surface area contributed by atoms with Crippen molar-refractivity contribution < 1.29 is 14.6 Å². The minimum absolute atomic E-state index is 0.412. The maximum atomic E-state index is 11.8. The zero-order chi connectivity index (χ0) is 24.6. The summed E-state index contributed by atoms with van der Waals surface area (Å²) in [7, 11) is 0. The van der Waals surface area contributed by atoms with Crippen LogP contribution in [0.25, 0.3) is 0 Å². The fraction of sp³-hybridized carbons (Fsp3) is 0.800. The van der Waals surface area contributed by atoms with Gasteiger partial charge >= 0.3 is 0 Å². The molecule has 0 amide bonds. The zero-order valence-corrected chi connectivity index (χ0v) is 23.7. The molecular weight excluding hydrogens is 472 g/mol. The van der Waals surface area contributed by atoms with Gasteiger partial charge in [0, 0.05) is 15.6 Å². The third-order valence-corrected chi connectivity index (χ3v) is 14.4. The molecule has 8 rings (SSSR count). The molecule has 6 aliphatic carbocycles. The van der Waals surface area contributed by atoms with Gasteiger partial charge in [-0.15, -0.1) is 23.5 Å². The zero-order valence-electron chi connectivity index (χ0n) is 22.1. The lowest BCUT2D eigenvalue weighted by atomic mass is 9.45. The molecule has 1 heterocycles. The van der Waals surface area contributed by atoms with Gasteiger partial charge in [0.2, 0.25) is 0 Å². The van der Waals surface area contributed by atoms with Crippen LogP contribution in [0, 0.1) is 46.3 Å². The number of rotatable bonds is 2. The molecule has 6 saturated carbocycles. The monoisotopic (exact) mass is 516 g/mol. The molecule has 9 atom stereocenters. The lowest BCUT2D eigenvalue weighted by Crippen LogP contribution is -2.59. The number of benzene rings is 1. The lowest BCUT2D eigenvalue weighted by Gasteiger charge is -2.63. The van der Waals surface area contributed by atoms with Gasteiger partial charge in [-0.3, -0.25) is 0 Å². The van der Waals surface area contributed by atoms with Crippen molar-refractivity contribution in [3.05, 3.63) is 35.9 Å². The van der Waals surface area contributed by atoms with E-state index in [1.807, 2.05) is 37.3 Å². The molecule has 0 spiro atoms. The molecule has 1 aliphatic heterocycles. The van der Waals surface area contributed by atoms with Crippen LogP contribution in [0.5, 0.6) is 0 Å². The number of thioether (sulfide) groups is 2. The SMILES string of the molecule is CC1(C)[C@H]2C[C@@H]3SCS[C@H]4C[C@H]5C[C@@H]([C@@H]4COC([C@](C)(O)c4ccccc4)OC[C@H]3[C@@H]1C2)C5(C)C. The van der Waals surface area contributed by atoms with Crippen molar-refractivity contribution in [3.63, 3.8) is 0 Å². The first-order valence-corrected chi connectivity index (χ1v) is 15.9. The van der Waals surface area contributed by atoms with E-state index >= 15 is 0 Å². The molecule has 0 unspecified atom stereocenters. The largest absolute Gasteiger partial charge is 0.380 e. The lowest BCUT2D eigenvalue weighted by molar-refractivity contribution is -0.261. The molecule has 1 saturated heterocycles. The second-order valence-corrected chi connectivity index (χ2v) is 16.4. The molecule has 35 heavy (non-hydrogen) atoms. The van der Waals surface area contributed by atoms with Gasteiger partial charge in [0.05, 0.1) is 13.2 Å². The molecule has 3 nitrogen and oxygen atoms in total. The van der Waals surface area contributed by atoms with Crippen molar-refractivity contribution in [2.75, 3.05) is 18.3 Å². The predicted molar refractivity (Wildman–Crippen MR) is 146 cm³/mol. The van der Waals surface area contributed by atoms with Crippen LogP contribution in [0.15, 0.2) is 30.3 Å². The number of hydrogen-bond donors (Lipinski definition) is 1. The molecule has 1 N–H and O–H groups in total. The van der Waals surface area contributed by atoms with Gasteiger partial charge < -0.3 is 14.6 Å². The van der Waals surface area contributed by atoms with E-state index in [-0.39, 0.29) is 0 Å². The Morgan fingerprint density at radius 3 is 1.74 bits per heavy atom. The Labute approximate surface area is 220 Å². The third-order valence-electron chi connectivity index (χ3n) is 11.4. The van der Waals surface area contributed by atoms with Crippen LogP contribution in [-0.2, 0) is 15.1 Å². The van der Waals surface area contributed by atoms with Gasteiger partial charge in [-0.25, -0.2) is 0 Å². The van der Waals surface area contributed by atoms with Crippen LogP contribution in [0.3, 0.4) is 0 Å². The second-order valence-electron chi connectivity index (χ2n) is 13.6. The van der Waals surface area contributed by atoms with Crippen LogP contribution in [0.4, 0.5) is 0 Å². The summed E-state index contributed by atoms with van der Waals surface area (Å²) in [6, 6.07) is 9.99. The first-order valence-electron chi connectivity index (χ1n) is 13.8. The summed E-state index contributed by atoms with van der Waals surface area (Å²) in [5.41, 5.74) is 0.508. The van der Waals surface area contributed by atoms with Crippen molar-refractivity contribution >= 4 is 23.5 Å². The van der Waals surface area contributed by atoms with Crippen LogP contribution >= 0.6 is 23.5 Å². The average Bonchev–Trinajstić information content (AvgIpc) is 2.83. The normalized spacial score (nSPS) is 45.7. The van der Waals surface area contributed by atoms with Crippen molar-refractivity contribution in [2.45, 2.75) is 82.7 Å². The van der Waals surface area contributed by atoms with Crippen molar-refractivity contribution in [2.24, 2.45) is 46.3 Å². The van der Waals surface area contributed by atoms with E-state index in [0.29, 0.717) is 58.2 Å². The molecule has 7 aliphatic rings. The molecule has 194 valence electrons.